The molecule has 0 unspecified atom stereocenters. The van der Waals surface area contributed by atoms with Crippen LogP contribution in [-0.4, -0.2) is 18.4 Å². The predicted octanol–water partition coefficient (Wildman–Crippen LogP) is 2.99. The maximum absolute atomic E-state index is 12.0. The molecule has 0 saturated heterocycles. The number of para-hydroxylation sites is 2. The first kappa shape index (κ1) is 16.8. The van der Waals surface area contributed by atoms with Gasteiger partial charge in [0.25, 0.3) is 0 Å². The minimum Gasteiger partial charge on any atom is -0.492 e. The summed E-state index contributed by atoms with van der Waals surface area (Å²) in [4.78, 5) is 23.9. The Bertz CT molecular complexity index is 704. The summed E-state index contributed by atoms with van der Waals surface area (Å²) in [6, 6.07) is 14.0. The molecule has 2 N–H and O–H groups in total. The average molecular weight is 333 g/mol. The van der Waals surface area contributed by atoms with E-state index < -0.39 is 11.8 Å². The highest BCUT2D eigenvalue weighted by Crippen LogP contribution is 2.23. The molecule has 2 aromatic rings. The molecular formula is C17H17ClN2O3. The van der Waals surface area contributed by atoms with Crippen LogP contribution in [0.3, 0.4) is 0 Å². The quantitative estimate of drug-likeness (QED) is 0.827. The molecule has 2 rings (SSSR count). The molecule has 5 nitrogen and oxygen atoms in total. The number of hydrogen-bond donors (Lipinski definition) is 2. The SMILES string of the molecule is CCOc1ccccc1NC(=O)C(=O)NCc1ccccc1Cl. The van der Waals surface area contributed by atoms with Crippen molar-refractivity contribution in [3.8, 4) is 5.75 Å². The van der Waals surface area contributed by atoms with E-state index in [9.17, 15) is 9.59 Å². The van der Waals surface area contributed by atoms with Gasteiger partial charge in [-0.25, -0.2) is 0 Å². The third kappa shape index (κ3) is 4.72. The molecule has 0 aliphatic heterocycles. The van der Waals surface area contributed by atoms with E-state index in [1.54, 1.807) is 42.5 Å². The molecule has 6 heteroatoms. The first-order valence-electron chi connectivity index (χ1n) is 7.16. The molecule has 120 valence electrons. The molecule has 0 saturated carbocycles. The number of amides is 2. The van der Waals surface area contributed by atoms with E-state index in [1.165, 1.54) is 0 Å². The van der Waals surface area contributed by atoms with Gasteiger partial charge in [-0.15, -0.1) is 0 Å². The van der Waals surface area contributed by atoms with Crippen LogP contribution in [0, 0.1) is 0 Å². The van der Waals surface area contributed by atoms with Gasteiger partial charge >= 0.3 is 11.8 Å². The summed E-state index contributed by atoms with van der Waals surface area (Å²) in [6.07, 6.45) is 0. The summed E-state index contributed by atoms with van der Waals surface area (Å²) in [5.41, 5.74) is 1.19. The zero-order chi connectivity index (χ0) is 16.7. The number of nitrogens with one attached hydrogen (secondary N) is 2. The van der Waals surface area contributed by atoms with Gasteiger partial charge < -0.3 is 15.4 Å². The van der Waals surface area contributed by atoms with Gasteiger partial charge in [0.1, 0.15) is 5.75 Å². The zero-order valence-electron chi connectivity index (χ0n) is 12.6. The smallest absolute Gasteiger partial charge is 0.313 e. The van der Waals surface area contributed by atoms with Crippen molar-refractivity contribution in [1.82, 2.24) is 5.32 Å². The fraction of sp³-hybridized carbons (Fsp3) is 0.176. The molecule has 0 atom stereocenters. The van der Waals surface area contributed by atoms with Gasteiger partial charge in [0, 0.05) is 11.6 Å². The summed E-state index contributed by atoms with van der Waals surface area (Å²) in [7, 11) is 0. The molecule has 0 radical (unpaired) electrons. The van der Waals surface area contributed by atoms with Gasteiger partial charge in [0.2, 0.25) is 0 Å². The van der Waals surface area contributed by atoms with E-state index in [2.05, 4.69) is 10.6 Å². The summed E-state index contributed by atoms with van der Waals surface area (Å²) in [5, 5.41) is 5.61. The molecule has 0 bridgehead atoms. The van der Waals surface area contributed by atoms with Gasteiger partial charge in [0.15, 0.2) is 0 Å². The Morgan fingerprint density at radius 2 is 1.74 bits per heavy atom. The van der Waals surface area contributed by atoms with Gasteiger partial charge in [-0.2, -0.15) is 0 Å². The normalized spacial score (nSPS) is 10.0. The molecule has 2 aromatic carbocycles. The van der Waals surface area contributed by atoms with Crippen molar-refractivity contribution in [3.05, 3.63) is 59.1 Å². The van der Waals surface area contributed by atoms with E-state index in [0.717, 1.165) is 5.56 Å². The van der Waals surface area contributed by atoms with E-state index in [4.69, 9.17) is 16.3 Å². The fourth-order valence-corrected chi connectivity index (χ4v) is 2.13. The van der Waals surface area contributed by atoms with Crippen LogP contribution in [0.25, 0.3) is 0 Å². The third-order valence-corrected chi connectivity index (χ3v) is 3.41. The number of benzene rings is 2. The molecular weight excluding hydrogens is 316 g/mol. The summed E-state index contributed by atoms with van der Waals surface area (Å²) in [6.45, 7) is 2.49. The molecule has 0 aliphatic carbocycles. The Kier molecular flexibility index (Phi) is 6.00. The highest BCUT2D eigenvalue weighted by Gasteiger charge is 2.15. The Labute approximate surface area is 139 Å². The maximum Gasteiger partial charge on any atom is 0.313 e. The monoisotopic (exact) mass is 332 g/mol. The van der Waals surface area contributed by atoms with Crippen molar-refractivity contribution in [1.29, 1.82) is 0 Å². The number of hydrogen-bond acceptors (Lipinski definition) is 3. The summed E-state index contributed by atoms with van der Waals surface area (Å²) < 4.78 is 5.40. The second kappa shape index (κ2) is 8.19. The number of anilines is 1. The topological polar surface area (TPSA) is 67.4 Å². The number of halogens is 1. The van der Waals surface area contributed by atoms with E-state index in [-0.39, 0.29) is 6.54 Å². The molecule has 0 aromatic heterocycles. The zero-order valence-corrected chi connectivity index (χ0v) is 13.4. The lowest BCUT2D eigenvalue weighted by Gasteiger charge is -2.11. The van der Waals surface area contributed by atoms with Gasteiger partial charge in [-0.3, -0.25) is 9.59 Å². The largest absolute Gasteiger partial charge is 0.492 e. The number of carbonyl (C=O) groups is 2. The minimum absolute atomic E-state index is 0.180. The Hall–Kier alpha value is -2.53. The third-order valence-electron chi connectivity index (χ3n) is 3.04. The lowest BCUT2D eigenvalue weighted by molar-refractivity contribution is -0.136. The number of ether oxygens (including phenoxy) is 1. The first-order valence-corrected chi connectivity index (χ1v) is 7.54. The van der Waals surface area contributed by atoms with Gasteiger partial charge in [-0.05, 0) is 30.7 Å². The highest BCUT2D eigenvalue weighted by molar-refractivity contribution is 6.39. The van der Waals surface area contributed by atoms with Crippen LogP contribution < -0.4 is 15.4 Å². The van der Waals surface area contributed by atoms with Crippen LogP contribution in [0.5, 0.6) is 5.75 Å². The molecule has 0 aliphatic rings. The van der Waals surface area contributed by atoms with Crippen molar-refractivity contribution < 1.29 is 14.3 Å². The fourth-order valence-electron chi connectivity index (χ4n) is 1.93. The molecule has 0 spiro atoms. The van der Waals surface area contributed by atoms with Crippen LogP contribution in [0.4, 0.5) is 5.69 Å². The average Bonchev–Trinajstić information content (AvgIpc) is 2.56. The van der Waals surface area contributed by atoms with Crippen LogP contribution >= 0.6 is 11.6 Å². The Balaban J connectivity index is 1.96. The number of rotatable bonds is 5. The van der Waals surface area contributed by atoms with Gasteiger partial charge in [0.05, 0.1) is 12.3 Å². The Morgan fingerprint density at radius 3 is 2.48 bits per heavy atom. The number of carbonyl (C=O) groups excluding carboxylic acids is 2. The minimum atomic E-state index is -0.760. The standard InChI is InChI=1S/C17H17ClN2O3/c1-2-23-15-10-6-5-9-14(15)20-17(22)16(21)19-11-12-7-3-4-8-13(12)18/h3-10H,2,11H2,1H3,(H,19,21)(H,20,22). The van der Waals surface area contributed by atoms with Crippen molar-refractivity contribution in [2.75, 3.05) is 11.9 Å². The first-order chi connectivity index (χ1) is 11.1. The lowest BCUT2D eigenvalue weighted by atomic mass is 10.2. The predicted molar refractivity (Wildman–Crippen MR) is 89.5 cm³/mol. The summed E-state index contributed by atoms with van der Waals surface area (Å²) >= 11 is 6.00. The molecule has 23 heavy (non-hydrogen) atoms. The highest BCUT2D eigenvalue weighted by atomic mass is 35.5. The molecule has 2 amide bonds. The molecule has 0 fully saturated rings. The van der Waals surface area contributed by atoms with Crippen molar-refractivity contribution in [2.24, 2.45) is 0 Å². The lowest BCUT2D eigenvalue weighted by Crippen LogP contribution is -2.35. The van der Waals surface area contributed by atoms with Gasteiger partial charge in [-0.1, -0.05) is 41.9 Å². The van der Waals surface area contributed by atoms with Crippen molar-refractivity contribution >= 4 is 29.1 Å². The molecule has 0 heterocycles. The second-order valence-corrected chi connectivity index (χ2v) is 5.06. The van der Waals surface area contributed by atoms with Crippen LogP contribution in [-0.2, 0) is 16.1 Å². The van der Waals surface area contributed by atoms with Crippen molar-refractivity contribution in [2.45, 2.75) is 13.5 Å². The summed E-state index contributed by atoms with van der Waals surface area (Å²) in [5.74, 6) is -0.984. The van der Waals surface area contributed by atoms with E-state index in [1.807, 2.05) is 13.0 Å². The maximum atomic E-state index is 12.0. The van der Waals surface area contributed by atoms with Crippen molar-refractivity contribution in [3.63, 3.8) is 0 Å². The van der Waals surface area contributed by atoms with Crippen LogP contribution in [0.1, 0.15) is 12.5 Å². The second-order valence-electron chi connectivity index (χ2n) is 4.66. The van der Waals surface area contributed by atoms with E-state index in [0.29, 0.717) is 23.1 Å². The van der Waals surface area contributed by atoms with E-state index >= 15 is 0 Å². The Morgan fingerprint density at radius 1 is 1.04 bits per heavy atom. The van der Waals surface area contributed by atoms with Crippen LogP contribution in [0.15, 0.2) is 48.5 Å². The van der Waals surface area contributed by atoms with Crippen LogP contribution in [0.2, 0.25) is 5.02 Å².